The van der Waals surface area contributed by atoms with Gasteiger partial charge in [-0.15, -0.1) is 0 Å². The number of hydrogen-bond donors (Lipinski definition) is 2. The predicted molar refractivity (Wildman–Crippen MR) is 79.4 cm³/mol. The molecular weight excluding hydrogens is 284 g/mol. The molecule has 114 valence electrons. The average molecular weight is 300 g/mol. The maximum Gasteiger partial charge on any atom is 0.407 e. The summed E-state index contributed by atoms with van der Waals surface area (Å²) in [7, 11) is 0. The van der Waals surface area contributed by atoms with Crippen molar-refractivity contribution in [1.82, 2.24) is 10.3 Å². The van der Waals surface area contributed by atoms with Gasteiger partial charge >= 0.3 is 12.1 Å². The van der Waals surface area contributed by atoms with E-state index >= 15 is 0 Å². The molecule has 0 spiro atoms. The summed E-state index contributed by atoms with van der Waals surface area (Å²) >= 11 is 0. The van der Waals surface area contributed by atoms with Crippen molar-refractivity contribution in [2.45, 2.75) is 20.1 Å². The second-order valence-corrected chi connectivity index (χ2v) is 4.72. The Morgan fingerprint density at radius 1 is 1.27 bits per heavy atom. The van der Waals surface area contributed by atoms with Gasteiger partial charge < -0.3 is 15.2 Å². The lowest BCUT2D eigenvalue weighted by Gasteiger charge is -2.09. The van der Waals surface area contributed by atoms with Crippen LogP contribution in [0.1, 0.15) is 27.2 Å². The molecule has 0 bridgehead atoms. The first-order valence-electron chi connectivity index (χ1n) is 6.69. The third kappa shape index (κ3) is 4.31. The Kier molecular flexibility index (Phi) is 5.08. The van der Waals surface area contributed by atoms with Crippen molar-refractivity contribution < 1.29 is 19.4 Å². The number of alkyl carbamates (subject to hydrolysis) is 1. The minimum atomic E-state index is -1.08. The number of rotatable bonds is 5. The fourth-order valence-electron chi connectivity index (χ4n) is 1.83. The molecule has 0 fully saturated rings. The molecule has 0 aliphatic carbocycles. The summed E-state index contributed by atoms with van der Waals surface area (Å²) in [6, 6.07) is 10.8. The van der Waals surface area contributed by atoms with Crippen molar-refractivity contribution >= 4 is 12.1 Å². The number of pyridine rings is 1. The molecule has 22 heavy (non-hydrogen) atoms. The number of nitrogens with one attached hydrogen (secondary N) is 1. The normalized spacial score (nSPS) is 10.0. The van der Waals surface area contributed by atoms with E-state index in [-0.39, 0.29) is 18.8 Å². The van der Waals surface area contributed by atoms with Crippen LogP contribution in [-0.4, -0.2) is 22.2 Å². The van der Waals surface area contributed by atoms with Crippen LogP contribution in [0.3, 0.4) is 0 Å². The Bertz CT molecular complexity index is 671. The molecule has 0 saturated carbocycles. The van der Waals surface area contributed by atoms with Crippen LogP contribution < -0.4 is 5.32 Å². The highest BCUT2D eigenvalue weighted by atomic mass is 16.5. The second-order valence-electron chi connectivity index (χ2n) is 4.72. The van der Waals surface area contributed by atoms with E-state index in [1.54, 1.807) is 6.92 Å². The number of amides is 1. The number of carboxylic acids is 1. The average Bonchev–Trinajstić information content (AvgIpc) is 2.52. The van der Waals surface area contributed by atoms with Crippen LogP contribution in [0.25, 0.3) is 0 Å². The molecule has 1 heterocycles. The largest absolute Gasteiger partial charge is 0.477 e. The number of benzene rings is 1. The molecule has 0 radical (unpaired) electrons. The third-order valence-electron chi connectivity index (χ3n) is 3.07. The van der Waals surface area contributed by atoms with E-state index in [9.17, 15) is 9.59 Å². The Labute approximate surface area is 127 Å². The van der Waals surface area contributed by atoms with Gasteiger partial charge in [-0.1, -0.05) is 30.3 Å². The molecule has 0 aliphatic rings. The first-order chi connectivity index (χ1) is 10.6. The summed E-state index contributed by atoms with van der Waals surface area (Å²) in [6.45, 7) is 2.19. The summed E-state index contributed by atoms with van der Waals surface area (Å²) in [5.74, 6) is -1.08. The Morgan fingerprint density at radius 2 is 2.00 bits per heavy atom. The molecule has 1 aromatic carbocycles. The number of carbonyl (C=O) groups excluding carboxylic acids is 1. The van der Waals surface area contributed by atoms with Crippen LogP contribution in [0.5, 0.6) is 0 Å². The van der Waals surface area contributed by atoms with Crippen LogP contribution >= 0.6 is 0 Å². The maximum absolute atomic E-state index is 11.6. The van der Waals surface area contributed by atoms with E-state index < -0.39 is 12.1 Å². The predicted octanol–water partition coefficient (Wildman–Crippen LogP) is 2.51. The maximum atomic E-state index is 11.6. The summed E-state index contributed by atoms with van der Waals surface area (Å²) < 4.78 is 5.09. The highest BCUT2D eigenvalue weighted by Crippen LogP contribution is 2.08. The van der Waals surface area contributed by atoms with Gasteiger partial charge in [0, 0.05) is 12.7 Å². The van der Waals surface area contributed by atoms with E-state index in [0.29, 0.717) is 0 Å². The smallest absolute Gasteiger partial charge is 0.407 e. The topological polar surface area (TPSA) is 88.5 Å². The first kappa shape index (κ1) is 15.5. The Balaban J connectivity index is 1.85. The van der Waals surface area contributed by atoms with E-state index in [1.165, 1.54) is 12.3 Å². The van der Waals surface area contributed by atoms with Crippen LogP contribution in [0.15, 0.2) is 42.6 Å². The number of carbonyl (C=O) groups is 2. The number of ether oxygens (including phenoxy) is 1. The standard InChI is InChI=1S/C16H16N2O4/c1-11-7-14(15(19)20)17-8-13(11)9-18-16(21)22-10-12-5-3-2-4-6-12/h2-8H,9-10H2,1H3,(H,18,21)(H,19,20). The molecule has 0 atom stereocenters. The third-order valence-corrected chi connectivity index (χ3v) is 3.07. The van der Waals surface area contributed by atoms with Gasteiger partial charge in [0.05, 0.1) is 0 Å². The molecule has 0 unspecified atom stereocenters. The van der Waals surface area contributed by atoms with Gasteiger partial charge in [-0.05, 0) is 29.7 Å². The van der Waals surface area contributed by atoms with E-state index in [2.05, 4.69) is 10.3 Å². The zero-order valence-corrected chi connectivity index (χ0v) is 12.1. The molecule has 2 rings (SSSR count). The summed E-state index contributed by atoms with van der Waals surface area (Å²) in [5, 5.41) is 11.5. The molecule has 2 N–H and O–H groups in total. The molecule has 1 amide bonds. The minimum absolute atomic E-state index is 0.0205. The van der Waals surface area contributed by atoms with Gasteiger partial charge in [-0.25, -0.2) is 14.6 Å². The Morgan fingerprint density at radius 3 is 2.64 bits per heavy atom. The summed E-state index contributed by atoms with van der Waals surface area (Å²) in [4.78, 5) is 26.2. The number of hydrogen-bond acceptors (Lipinski definition) is 4. The van der Waals surface area contributed by atoms with Crippen molar-refractivity contribution in [2.24, 2.45) is 0 Å². The number of nitrogens with zero attached hydrogens (tertiary/aromatic N) is 1. The molecule has 0 aliphatic heterocycles. The molecule has 6 heteroatoms. The van der Waals surface area contributed by atoms with Crippen molar-refractivity contribution in [2.75, 3.05) is 0 Å². The zero-order valence-electron chi connectivity index (χ0n) is 12.1. The Hall–Kier alpha value is -2.89. The fraction of sp³-hybridized carbons (Fsp3) is 0.188. The quantitative estimate of drug-likeness (QED) is 0.885. The van der Waals surface area contributed by atoms with E-state index in [0.717, 1.165) is 16.7 Å². The SMILES string of the molecule is Cc1cc(C(=O)O)ncc1CNC(=O)OCc1ccccc1. The lowest BCUT2D eigenvalue weighted by Crippen LogP contribution is -2.24. The molecule has 2 aromatic rings. The minimum Gasteiger partial charge on any atom is -0.477 e. The van der Waals surface area contributed by atoms with E-state index in [4.69, 9.17) is 9.84 Å². The lowest BCUT2D eigenvalue weighted by atomic mass is 10.1. The van der Waals surface area contributed by atoms with Gasteiger partial charge in [0.15, 0.2) is 0 Å². The monoisotopic (exact) mass is 300 g/mol. The van der Waals surface area contributed by atoms with Crippen molar-refractivity contribution in [3.05, 3.63) is 65.0 Å². The van der Waals surface area contributed by atoms with Crippen molar-refractivity contribution in [3.8, 4) is 0 Å². The van der Waals surface area contributed by atoms with Gasteiger partial charge in [-0.2, -0.15) is 0 Å². The van der Waals surface area contributed by atoms with Crippen LogP contribution in [0, 0.1) is 6.92 Å². The van der Waals surface area contributed by atoms with Gasteiger partial charge in [0.2, 0.25) is 0 Å². The molecule has 6 nitrogen and oxygen atoms in total. The molecule has 1 aromatic heterocycles. The van der Waals surface area contributed by atoms with E-state index in [1.807, 2.05) is 30.3 Å². The highest BCUT2D eigenvalue weighted by Gasteiger charge is 2.09. The van der Waals surface area contributed by atoms with Gasteiger partial charge in [-0.3, -0.25) is 0 Å². The van der Waals surface area contributed by atoms with Crippen LogP contribution in [-0.2, 0) is 17.9 Å². The zero-order chi connectivity index (χ0) is 15.9. The first-order valence-corrected chi connectivity index (χ1v) is 6.69. The lowest BCUT2D eigenvalue weighted by molar-refractivity contribution is 0.0690. The second kappa shape index (κ2) is 7.21. The van der Waals surface area contributed by atoms with Crippen LogP contribution in [0.2, 0.25) is 0 Å². The van der Waals surface area contributed by atoms with Crippen molar-refractivity contribution in [1.29, 1.82) is 0 Å². The van der Waals surface area contributed by atoms with Gasteiger partial charge in [0.1, 0.15) is 12.3 Å². The number of carboxylic acid groups (broad SMARTS) is 1. The van der Waals surface area contributed by atoms with Crippen molar-refractivity contribution in [3.63, 3.8) is 0 Å². The highest BCUT2D eigenvalue weighted by molar-refractivity contribution is 5.85. The number of aryl methyl sites for hydroxylation is 1. The fourth-order valence-corrected chi connectivity index (χ4v) is 1.83. The van der Waals surface area contributed by atoms with Crippen LogP contribution in [0.4, 0.5) is 4.79 Å². The molecular formula is C16H16N2O4. The molecule has 0 saturated heterocycles. The number of aromatic carboxylic acids is 1. The summed E-state index contributed by atoms with van der Waals surface area (Å²) in [6.07, 6.45) is 0.904. The number of aromatic nitrogens is 1. The summed E-state index contributed by atoms with van der Waals surface area (Å²) in [5.41, 5.74) is 2.37. The van der Waals surface area contributed by atoms with Gasteiger partial charge in [0.25, 0.3) is 0 Å².